The van der Waals surface area contributed by atoms with Gasteiger partial charge in [-0.05, 0) is 47.5 Å². The van der Waals surface area contributed by atoms with Gasteiger partial charge in [-0.3, -0.25) is 0 Å². The first-order chi connectivity index (χ1) is 12.3. The third-order valence-electron chi connectivity index (χ3n) is 3.65. The van der Waals surface area contributed by atoms with Gasteiger partial charge in [-0.1, -0.05) is 36.4 Å². The SMILES string of the molecule is N#Cc1ccc(-c2ccc(OCCOc3ccccc3F)cc2)cc1. The molecule has 3 aromatic rings. The summed E-state index contributed by atoms with van der Waals surface area (Å²) in [5.74, 6) is 0.561. The zero-order valence-corrected chi connectivity index (χ0v) is 13.5. The second-order valence-electron chi connectivity index (χ2n) is 5.34. The smallest absolute Gasteiger partial charge is 0.165 e. The van der Waals surface area contributed by atoms with Crippen LogP contribution in [-0.2, 0) is 0 Å². The first-order valence-electron chi connectivity index (χ1n) is 7.87. The first kappa shape index (κ1) is 16.5. The maximum atomic E-state index is 13.4. The second-order valence-corrected chi connectivity index (χ2v) is 5.34. The highest BCUT2D eigenvalue weighted by Gasteiger charge is 2.02. The lowest BCUT2D eigenvalue weighted by molar-refractivity contribution is 0.211. The molecule has 0 N–H and O–H groups in total. The van der Waals surface area contributed by atoms with E-state index in [1.807, 2.05) is 36.4 Å². The van der Waals surface area contributed by atoms with E-state index < -0.39 is 0 Å². The molecule has 0 saturated carbocycles. The van der Waals surface area contributed by atoms with E-state index in [0.29, 0.717) is 12.2 Å². The fourth-order valence-electron chi connectivity index (χ4n) is 2.35. The van der Waals surface area contributed by atoms with Crippen molar-refractivity contribution in [2.75, 3.05) is 13.2 Å². The molecular weight excluding hydrogens is 317 g/mol. The van der Waals surface area contributed by atoms with Gasteiger partial charge < -0.3 is 9.47 Å². The number of hydrogen-bond donors (Lipinski definition) is 0. The standard InChI is InChI=1S/C21H16FNO2/c22-20-3-1-2-4-21(20)25-14-13-24-19-11-9-18(10-12-19)17-7-5-16(15-23)6-8-17/h1-12H,13-14H2. The molecule has 0 heterocycles. The van der Waals surface area contributed by atoms with Crippen LogP contribution in [0.1, 0.15) is 5.56 Å². The minimum atomic E-state index is -0.380. The van der Waals surface area contributed by atoms with Crippen LogP contribution in [0.3, 0.4) is 0 Å². The number of hydrogen-bond acceptors (Lipinski definition) is 3. The molecule has 0 aliphatic heterocycles. The molecule has 25 heavy (non-hydrogen) atoms. The molecule has 0 aliphatic rings. The molecule has 0 aromatic heterocycles. The van der Waals surface area contributed by atoms with Crippen LogP contribution in [-0.4, -0.2) is 13.2 Å². The number of para-hydroxylation sites is 1. The van der Waals surface area contributed by atoms with Crippen LogP contribution in [0.5, 0.6) is 11.5 Å². The predicted molar refractivity (Wildman–Crippen MR) is 94.0 cm³/mol. The first-order valence-corrected chi connectivity index (χ1v) is 7.87. The zero-order valence-electron chi connectivity index (χ0n) is 13.5. The molecule has 0 radical (unpaired) electrons. The Morgan fingerprint density at radius 2 is 1.36 bits per heavy atom. The van der Waals surface area contributed by atoms with Crippen molar-refractivity contribution in [3.05, 3.63) is 84.2 Å². The normalized spacial score (nSPS) is 10.1. The summed E-state index contributed by atoms with van der Waals surface area (Å²) in [5, 5.41) is 8.83. The molecule has 0 amide bonds. The van der Waals surface area contributed by atoms with E-state index in [1.54, 1.807) is 30.3 Å². The summed E-state index contributed by atoms with van der Waals surface area (Å²) in [7, 11) is 0. The summed E-state index contributed by atoms with van der Waals surface area (Å²) in [4.78, 5) is 0. The van der Waals surface area contributed by atoms with Gasteiger partial charge >= 0.3 is 0 Å². The fraction of sp³-hybridized carbons (Fsp3) is 0.0952. The lowest BCUT2D eigenvalue weighted by Gasteiger charge is -2.09. The molecule has 0 fully saturated rings. The van der Waals surface area contributed by atoms with E-state index in [4.69, 9.17) is 14.7 Å². The summed E-state index contributed by atoms with van der Waals surface area (Å²) in [6, 6.07) is 23.4. The molecule has 4 heteroatoms. The number of halogens is 1. The van der Waals surface area contributed by atoms with Crippen LogP contribution in [0.25, 0.3) is 11.1 Å². The number of ether oxygens (including phenoxy) is 2. The van der Waals surface area contributed by atoms with Crippen LogP contribution < -0.4 is 9.47 Å². The van der Waals surface area contributed by atoms with Gasteiger partial charge in [0, 0.05) is 0 Å². The van der Waals surface area contributed by atoms with Gasteiger partial charge in [-0.2, -0.15) is 5.26 Å². The summed E-state index contributed by atoms with van der Waals surface area (Å²) in [6.07, 6.45) is 0. The molecular formula is C21H16FNO2. The van der Waals surface area contributed by atoms with E-state index in [9.17, 15) is 4.39 Å². The minimum Gasteiger partial charge on any atom is -0.490 e. The Morgan fingerprint density at radius 3 is 2.00 bits per heavy atom. The fourth-order valence-corrected chi connectivity index (χ4v) is 2.35. The van der Waals surface area contributed by atoms with Crippen molar-refractivity contribution in [3.63, 3.8) is 0 Å². The van der Waals surface area contributed by atoms with Gasteiger partial charge in [0.05, 0.1) is 11.6 Å². The van der Waals surface area contributed by atoms with Gasteiger partial charge in [0.25, 0.3) is 0 Å². The molecule has 0 aliphatic carbocycles. The molecule has 0 atom stereocenters. The Labute approximate surface area is 145 Å². The highest BCUT2D eigenvalue weighted by molar-refractivity contribution is 5.64. The van der Waals surface area contributed by atoms with Crippen LogP contribution in [0, 0.1) is 17.1 Å². The lowest BCUT2D eigenvalue weighted by atomic mass is 10.0. The van der Waals surface area contributed by atoms with Crippen LogP contribution in [0.2, 0.25) is 0 Å². The third-order valence-corrected chi connectivity index (χ3v) is 3.65. The van der Waals surface area contributed by atoms with Crippen molar-refractivity contribution >= 4 is 0 Å². The van der Waals surface area contributed by atoms with Gasteiger partial charge in [-0.15, -0.1) is 0 Å². The maximum absolute atomic E-state index is 13.4. The highest BCUT2D eigenvalue weighted by atomic mass is 19.1. The van der Waals surface area contributed by atoms with Gasteiger partial charge in [0.15, 0.2) is 11.6 Å². The predicted octanol–water partition coefficient (Wildman–Crippen LogP) is 4.82. The Morgan fingerprint density at radius 1 is 0.760 bits per heavy atom. The summed E-state index contributed by atoms with van der Waals surface area (Å²) >= 11 is 0. The van der Waals surface area contributed by atoms with Crippen molar-refractivity contribution in [1.29, 1.82) is 5.26 Å². The highest BCUT2D eigenvalue weighted by Crippen LogP contribution is 2.23. The average Bonchev–Trinajstić information content (AvgIpc) is 2.67. The van der Waals surface area contributed by atoms with E-state index in [2.05, 4.69) is 6.07 Å². The topological polar surface area (TPSA) is 42.2 Å². The van der Waals surface area contributed by atoms with E-state index in [0.717, 1.165) is 16.9 Å². The maximum Gasteiger partial charge on any atom is 0.165 e. The Balaban J connectivity index is 1.52. The quantitative estimate of drug-likeness (QED) is 0.607. The monoisotopic (exact) mass is 333 g/mol. The molecule has 0 saturated heterocycles. The second kappa shape index (κ2) is 7.98. The number of nitrogens with zero attached hydrogens (tertiary/aromatic N) is 1. The van der Waals surface area contributed by atoms with E-state index >= 15 is 0 Å². The van der Waals surface area contributed by atoms with Crippen LogP contribution >= 0.6 is 0 Å². The zero-order chi connectivity index (χ0) is 17.5. The molecule has 3 nitrogen and oxygen atoms in total. The van der Waals surface area contributed by atoms with E-state index in [-0.39, 0.29) is 18.2 Å². The molecule has 0 unspecified atom stereocenters. The Hall–Kier alpha value is -3.32. The average molecular weight is 333 g/mol. The minimum absolute atomic E-state index is 0.224. The lowest BCUT2D eigenvalue weighted by Crippen LogP contribution is -2.09. The van der Waals surface area contributed by atoms with E-state index in [1.165, 1.54) is 6.07 Å². The largest absolute Gasteiger partial charge is 0.490 e. The molecule has 0 spiro atoms. The molecule has 0 bridgehead atoms. The number of benzene rings is 3. The Bertz CT molecular complexity index is 868. The summed E-state index contributed by atoms with van der Waals surface area (Å²) in [6.45, 7) is 0.586. The van der Waals surface area contributed by atoms with Crippen molar-refractivity contribution < 1.29 is 13.9 Å². The Kier molecular flexibility index (Phi) is 5.28. The van der Waals surface area contributed by atoms with Gasteiger partial charge in [0.2, 0.25) is 0 Å². The van der Waals surface area contributed by atoms with Crippen molar-refractivity contribution in [2.45, 2.75) is 0 Å². The molecule has 3 rings (SSSR count). The number of nitriles is 1. The summed E-state index contributed by atoms with van der Waals surface area (Å²) < 4.78 is 24.4. The van der Waals surface area contributed by atoms with Gasteiger partial charge in [0.1, 0.15) is 19.0 Å². The van der Waals surface area contributed by atoms with Crippen molar-refractivity contribution in [1.82, 2.24) is 0 Å². The number of rotatable bonds is 6. The third kappa shape index (κ3) is 4.36. The van der Waals surface area contributed by atoms with Gasteiger partial charge in [-0.25, -0.2) is 4.39 Å². The van der Waals surface area contributed by atoms with Crippen LogP contribution in [0.4, 0.5) is 4.39 Å². The van der Waals surface area contributed by atoms with Crippen molar-refractivity contribution in [2.24, 2.45) is 0 Å². The van der Waals surface area contributed by atoms with Crippen LogP contribution in [0.15, 0.2) is 72.8 Å². The summed E-state index contributed by atoms with van der Waals surface area (Å²) in [5.41, 5.74) is 2.71. The molecule has 124 valence electrons. The molecule has 3 aromatic carbocycles. The van der Waals surface area contributed by atoms with Crippen molar-refractivity contribution in [3.8, 4) is 28.7 Å².